The van der Waals surface area contributed by atoms with Crippen LogP contribution < -0.4 is 5.43 Å². The Morgan fingerprint density at radius 1 is 1.47 bits per heavy atom. The number of hydrogen-bond acceptors (Lipinski definition) is 4. The molecule has 0 aromatic heterocycles. The lowest BCUT2D eigenvalue weighted by Crippen LogP contribution is -2.13. The van der Waals surface area contributed by atoms with Crippen molar-refractivity contribution in [2.75, 3.05) is 12.0 Å². The van der Waals surface area contributed by atoms with Gasteiger partial charge in [-0.25, -0.2) is 4.79 Å². The zero-order valence-electron chi connectivity index (χ0n) is 10.1. The van der Waals surface area contributed by atoms with Gasteiger partial charge in [0.25, 0.3) is 0 Å². The fraction of sp³-hybridized carbons (Fsp3) is 0.333. The van der Waals surface area contributed by atoms with Gasteiger partial charge < -0.3 is 4.74 Å². The fourth-order valence-corrected chi connectivity index (χ4v) is 1.30. The van der Waals surface area contributed by atoms with Crippen LogP contribution in [0.1, 0.15) is 18.1 Å². The lowest BCUT2D eigenvalue weighted by Gasteiger charge is -2.06. The maximum absolute atomic E-state index is 11.2. The normalized spacial score (nSPS) is 11.2. The number of benzene rings is 1. The number of hydrazone groups is 1. The summed E-state index contributed by atoms with van der Waals surface area (Å²) in [5.41, 5.74) is 5.68. The zero-order chi connectivity index (χ0) is 12.8. The quantitative estimate of drug-likeness (QED) is 0.511. The Morgan fingerprint density at radius 3 is 2.82 bits per heavy atom. The predicted octanol–water partition coefficient (Wildman–Crippen LogP) is 2.83. The summed E-state index contributed by atoms with van der Waals surface area (Å²) in [7, 11) is 0. The van der Waals surface area contributed by atoms with Crippen molar-refractivity contribution in [3.8, 4) is 0 Å². The highest BCUT2D eigenvalue weighted by Gasteiger charge is 2.09. The second-order valence-corrected chi connectivity index (χ2v) is 3.91. The summed E-state index contributed by atoms with van der Waals surface area (Å²) in [6.45, 7) is 5.89. The lowest BCUT2D eigenvalue weighted by molar-refractivity contribution is -0.134. The molecule has 1 aromatic rings. The SMILES string of the molecule is CCOC(=O)C(Cl)=NNc1cc(C)ccc1C. The predicted molar refractivity (Wildman–Crippen MR) is 69.5 cm³/mol. The molecule has 4 nitrogen and oxygen atoms in total. The standard InChI is InChI=1S/C12H15ClN2O2/c1-4-17-12(16)11(13)15-14-10-7-8(2)5-6-9(10)3/h5-7,14H,4H2,1-3H3. The summed E-state index contributed by atoms with van der Waals surface area (Å²) in [6, 6.07) is 5.89. The van der Waals surface area contributed by atoms with Crippen LogP contribution in [0.3, 0.4) is 0 Å². The highest BCUT2D eigenvalue weighted by molar-refractivity contribution is 6.82. The summed E-state index contributed by atoms with van der Waals surface area (Å²) < 4.78 is 4.70. The van der Waals surface area contributed by atoms with Gasteiger partial charge in [0.2, 0.25) is 5.17 Å². The maximum Gasteiger partial charge on any atom is 0.370 e. The molecule has 0 heterocycles. The van der Waals surface area contributed by atoms with Gasteiger partial charge in [-0.05, 0) is 38.0 Å². The van der Waals surface area contributed by atoms with E-state index in [2.05, 4.69) is 10.5 Å². The molecule has 0 saturated heterocycles. The molecule has 0 saturated carbocycles. The third-order valence-corrected chi connectivity index (χ3v) is 2.35. The van der Waals surface area contributed by atoms with Gasteiger partial charge in [0.15, 0.2) is 0 Å². The van der Waals surface area contributed by atoms with Crippen LogP contribution in [0.25, 0.3) is 0 Å². The van der Waals surface area contributed by atoms with Crippen molar-refractivity contribution in [1.29, 1.82) is 0 Å². The Labute approximate surface area is 106 Å². The highest BCUT2D eigenvalue weighted by Crippen LogP contribution is 2.16. The van der Waals surface area contributed by atoms with E-state index in [1.54, 1.807) is 6.92 Å². The molecule has 0 aliphatic carbocycles. The number of carbonyl (C=O) groups is 1. The number of esters is 1. The molecule has 17 heavy (non-hydrogen) atoms. The number of aryl methyl sites for hydroxylation is 2. The van der Waals surface area contributed by atoms with Crippen LogP contribution in [0.4, 0.5) is 5.69 Å². The summed E-state index contributed by atoms with van der Waals surface area (Å²) >= 11 is 5.67. The average Bonchev–Trinajstić information content (AvgIpc) is 2.30. The summed E-state index contributed by atoms with van der Waals surface area (Å²) in [5.74, 6) is -0.632. The molecule has 0 amide bonds. The molecule has 0 aliphatic heterocycles. The van der Waals surface area contributed by atoms with Crippen molar-refractivity contribution >= 4 is 28.4 Å². The molecule has 0 atom stereocenters. The summed E-state index contributed by atoms with van der Waals surface area (Å²) in [4.78, 5) is 11.2. The van der Waals surface area contributed by atoms with Gasteiger partial charge in [-0.3, -0.25) is 5.43 Å². The molecule has 0 spiro atoms. The van der Waals surface area contributed by atoms with Crippen LogP contribution in [-0.4, -0.2) is 17.7 Å². The van der Waals surface area contributed by atoms with E-state index in [1.165, 1.54) is 0 Å². The van der Waals surface area contributed by atoms with Gasteiger partial charge in [0.05, 0.1) is 12.3 Å². The summed E-state index contributed by atoms with van der Waals surface area (Å²) in [6.07, 6.45) is 0. The number of nitrogens with zero attached hydrogens (tertiary/aromatic N) is 1. The molecular formula is C12H15ClN2O2. The van der Waals surface area contributed by atoms with Crippen molar-refractivity contribution in [3.63, 3.8) is 0 Å². The topological polar surface area (TPSA) is 50.7 Å². The second-order valence-electron chi connectivity index (χ2n) is 3.55. The Balaban J connectivity index is 2.75. The number of ether oxygens (including phenoxy) is 1. The number of hydrogen-bond donors (Lipinski definition) is 1. The third kappa shape index (κ3) is 4.07. The first-order chi connectivity index (χ1) is 8.04. The number of rotatable bonds is 4. The van der Waals surface area contributed by atoms with E-state index in [-0.39, 0.29) is 11.8 Å². The second kappa shape index (κ2) is 6.25. The van der Waals surface area contributed by atoms with Crippen LogP contribution in [0.5, 0.6) is 0 Å². The molecule has 5 heteroatoms. The minimum absolute atomic E-state index is 0.215. The van der Waals surface area contributed by atoms with Gasteiger partial charge >= 0.3 is 5.97 Å². The van der Waals surface area contributed by atoms with Crippen molar-refractivity contribution in [3.05, 3.63) is 29.3 Å². The minimum atomic E-state index is -0.632. The monoisotopic (exact) mass is 254 g/mol. The number of carbonyl (C=O) groups excluding carboxylic acids is 1. The Morgan fingerprint density at radius 2 is 2.18 bits per heavy atom. The first-order valence-electron chi connectivity index (χ1n) is 5.28. The van der Waals surface area contributed by atoms with Crippen molar-refractivity contribution in [2.24, 2.45) is 5.10 Å². The first-order valence-corrected chi connectivity index (χ1v) is 5.66. The van der Waals surface area contributed by atoms with Crippen LogP contribution in [0.2, 0.25) is 0 Å². The summed E-state index contributed by atoms with van der Waals surface area (Å²) in [5, 5.41) is 3.56. The van der Waals surface area contributed by atoms with E-state index in [1.807, 2.05) is 32.0 Å². The molecule has 0 unspecified atom stereocenters. The zero-order valence-corrected chi connectivity index (χ0v) is 10.8. The van der Waals surface area contributed by atoms with E-state index < -0.39 is 5.97 Å². The van der Waals surface area contributed by atoms with Crippen molar-refractivity contribution in [1.82, 2.24) is 0 Å². The fourth-order valence-electron chi connectivity index (χ4n) is 1.20. The van der Waals surface area contributed by atoms with Gasteiger partial charge in [0, 0.05) is 0 Å². The molecular weight excluding hydrogens is 240 g/mol. The Bertz CT molecular complexity index is 444. The van der Waals surface area contributed by atoms with Crippen LogP contribution in [0, 0.1) is 13.8 Å². The van der Waals surface area contributed by atoms with Crippen LogP contribution in [0.15, 0.2) is 23.3 Å². The number of anilines is 1. The molecule has 1 rings (SSSR count). The smallest absolute Gasteiger partial charge is 0.370 e. The van der Waals surface area contributed by atoms with Gasteiger partial charge in [0.1, 0.15) is 0 Å². The first kappa shape index (κ1) is 13.5. The highest BCUT2D eigenvalue weighted by atomic mass is 35.5. The maximum atomic E-state index is 11.2. The van der Waals surface area contributed by atoms with E-state index >= 15 is 0 Å². The molecule has 0 bridgehead atoms. The molecule has 1 N–H and O–H groups in total. The van der Waals surface area contributed by atoms with E-state index in [0.29, 0.717) is 0 Å². The van der Waals surface area contributed by atoms with Crippen LogP contribution >= 0.6 is 11.6 Å². The molecule has 0 aliphatic rings. The minimum Gasteiger partial charge on any atom is -0.461 e. The van der Waals surface area contributed by atoms with E-state index in [4.69, 9.17) is 16.3 Å². The average molecular weight is 255 g/mol. The van der Waals surface area contributed by atoms with Crippen molar-refractivity contribution in [2.45, 2.75) is 20.8 Å². The van der Waals surface area contributed by atoms with Gasteiger partial charge in [-0.1, -0.05) is 23.7 Å². The van der Waals surface area contributed by atoms with Crippen molar-refractivity contribution < 1.29 is 9.53 Å². The number of halogens is 1. The molecule has 0 radical (unpaired) electrons. The van der Waals surface area contributed by atoms with Gasteiger partial charge in [-0.15, -0.1) is 0 Å². The third-order valence-electron chi connectivity index (χ3n) is 2.11. The Kier molecular flexibility index (Phi) is 4.97. The van der Waals surface area contributed by atoms with Crippen LogP contribution in [-0.2, 0) is 9.53 Å². The molecule has 0 fully saturated rings. The molecule has 92 valence electrons. The molecule has 1 aromatic carbocycles. The van der Waals surface area contributed by atoms with E-state index in [0.717, 1.165) is 16.8 Å². The largest absolute Gasteiger partial charge is 0.461 e. The lowest BCUT2D eigenvalue weighted by atomic mass is 10.1. The van der Waals surface area contributed by atoms with E-state index in [9.17, 15) is 4.79 Å². The number of nitrogens with one attached hydrogen (secondary N) is 1. The van der Waals surface area contributed by atoms with Gasteiger partial charge in [-0.2, -0.15) is 5.10 Å². The Hall–Kier alpha value is -1.55.